The molecule has 0 aliphatic heterocycles. The van der Waals surface area contributed by atoms with Crippen molar-refractivity contribution >= 4 is 10.1 Å². The molecule has 0 aliphatic rings. The quantitative estimate of drug-likeness (QED) is 0.258. The molecule has 0 aromatic rings. The Kier molecular flexibility index (Phi) is 19.8. The van der Waals surface area contributed by atoms with Crippen LogP contribution in [0.3, 0.4) is 0 Å². The van der Waals surface area contributed by atoms with Gasteiger partial charge in [-0.25, -0.2) is 0 Å². The fourth-order valence-electron chi connectivity index (χ4n) is 2.08. The first-order chi connectivity index (χ1) is 9.62. The van der Waals surface area contributed by atoms with Crippen molar-refractivity contribution in [3.05, 3.63) is 5.32 Å². The summed E-state index contributed by atoms with van der Waals surface area (Å²) in [5.41, 5.74) is 0. The van der Waals surface area contributed by atoms with E-state index in [-0.39, 0.29) is 35.3 Å². The van der Waals surface area contributed by atoms with Crippen LogP contribution in [0.4, 0.5) is 0 Å². The average molecular weight is 329 g/mol. The van der Waals surface area contributed by atoms with Gasteiger partial charge in [-0.1, -0.05) is 71.1 Å². The zero-order chi connectivity index (χ0) is 15.1. The predicted molar refractivity (Wildman–Crippen MR) is 85.7 cm³/mol. The van der Waals surface area contributed by atoms with Gasteiger partial charge in [0.05, 0.1) is 12.9 Å². The molecule has 4 nitrogen and oxygen atoms in total. The van der Waals surface area contributed by atoms with Gasteiger partial charge in [-0.2, -0.15) is 8.42 Å². The van der Waals surface area contributed by atoms with Crippen LogP contribution < -0.4 is 29.6 Å². The van der Waals surface area contributed by atoms with Gasteiger partial charge in [-0.15, -0.1) is 13.1 Å². The molecule has 122 valence electrons. The molecule has 6 heteroatoms. The molecule has 0 aromatic carbocycles. The van der Waals surface area contributed by atoms with Crippen molar-refractivity contribution in [3.63, 3.8) is 0 Å². The first-order valence-corrected chi connectivity index (χ1v) is 9.61. The molecular formula is C15H32NNaO3S. The number of hydrogen-bond acceptors (Lipinski definition) is 3. The largest absolute Gasteiger partial charge is 1.00 e. The Morgan fingerprint density at radius 1 is 0.810 bits per heavy atom. The molecule has 0 bridgehead atoms. The standard InChI is InChI=1S/C15H32NO3S.Na/c1-3-4-5-6-7-8-9-10-11-12-13-16-14-15-20(17,18)19-2;/h3-15H2,1-2H3;/q-1;+1. The predicted octanol–water partition coefficient (Wildman–Crippen LogP) is 1.26. The van der Waals surface area contributed by atoms with Gasteiger partial charge >= 0.3 is 29.6 Å². The van der Waals surface area contributed by atoms with Crippen LogP contribution in [0, 0.1) is 0 Å². The smallest absolute Gasteiger partial charge is 0.661 e. The number of unbranched alkanes of at least 4 members (excludes halogenated alkanes) is 9. The van der Waals surface area contributed by atoms with E-state index in [0.717, 1.165) is 13.0 Å². The second kappa shape index (κ2) is 17.2. The molecule has 0 spiro atoms. The van der Waals surface area contributed by atoms with Crippen LogP contribution in [-0.4, -0.2) is 34.4 Å². The molecule has 0 aliphatic carbocycles. The van der Waals surface area contributed by atoms with Crippen LogP contribution in [-0.2, 0) is 14.3 Å². The maximum absolute atomic E-state index is 11.0. The van der Waals surface area contributed by atoms with Crippen LogP contribution in [0.5, 0.6) is 0 Å². The van der Waals surface area contributed by atoms with E-state index < -0.39 is 10.1 Å². The Morgan fingerprint density at radius 2 is 1.29 bits per heavy atom. The SMILES string of the molecule is CCCCCCCCCCCC[N-]CCS(=O)(=O)OC.[Na+]. The maximum atomic E-state index is 11.0. The van der Waals surface area contributed by atoms with Gasteiger partial charge in [0.15, 0.2) is 0 Å². The first kappa shape index (κ1) is 24.1. The summed E-state index contributed by atoms with van der Waals surface area (Å²) in [6, 6.07) is 0. The summed E-state index contributed by atoms with van der Waals surface area (Å²) < 4.78 is 26.4. The Hall–Kier alpha value is 0.870. The topological polar surface area (TPSA) is 57.5 Å². The van der Waals surface area contributed by atoms with Gasteiger partial charge in [0.25, 0.3) is 10.1 Å². The molecule has 0 fully saturated rings. The van der Waals surface area contributed by atoms with Crippen molar-refractivity contribution in [2.75, 3.05) is 26.0 Å². The van der Waals surface area contributed by atoms with Crippen molar-refractivity contribution in [2.45, 2.75) is 71.1 Å². The third kappa shape index (κ3) is 18.8. The minimum atomic E-state index is -3.33. The third-order valence-electron chi connectivity index (χ3n) is 3.42. The van der Waals surface area contributed by atoms with Crippen molar-refractivity contribution < 1.29 is 42.2 Å². The van der Waals surface area contributed by atoms with Gasteiger partial charge in [-0.05, 0) is 0 Å². The zero-order valence-corrected chi connectivity index (χ0v) is 17.1. The fourth-order valence-corrected chi connectivity index (χ4v) is 2.60. The molecule has 0 rings (SSSR count). The second-order valence-electron chi connectivity index (χ2n) is 5.28. The monoisotopic (exact) mass is 329 g/mol. The van der Waals surface area contributed by atoms with E-state index in [9.17, 15) is 8.42 Å². The number of hydrogen-bond donors (Lipinski definition) is 0. The van der Waals surface area contributed by atoms with Gasteiger partial charge < -0.3 is 5.32 Å². The summed E-state index contributed by atoms with van der Waals surface area (Å²) in [4.78, 5) is 0. The molecule has 0 amide bonds. The van der Waals surface area contributed by atoms with Crippen LogP contribution in [0.15, 0.2) is 0 Å². The Labute approximate surface area is 154 Å². The average Bonchev–Trinajstić information content (AvgIpc) is 2.44. The molecule has 0 saturated heterocycles. The molecule has 0 saturated carbocycles. The van der Waals surface area contributed by atoms with Crippen molar-refractivity contribution in [1.29, 1.82) is 0 Å². The summed E-state index contributed by atoms with van der Waals surface area (Å²) in [7, 11) is -2.14. The summed E-state index contributed by atoms with van der Waals surface area (Å²) in [6.07, 6.45) is 13.1. The summed E-state index contributed by atoms with van der Waals surface area (Å²) in [5, 5.41) is 4.21. The van der Waals surface area contributed by atoms with Crippen LogP contribution in [0.1, 0.15) is 71.1 Å². The number of rotatable bonds is 15. The molecular weight excluding hydrogens is 297 g/mol. The first-order valence-electron chi connectivity index (χ1n) is 8.04. The van der Waals surface area contributed by atoms with E-state index in [1.54, 1.807) is 0 Å². The van der Waals surface area contributed by atoms with Gasteiger partial charge in [-0.3, -0.25) is 4.18 Å². The third-order valence-corrected chi connectivity index (χ3v) is 4.61. The van der Waals surface area contributed by atoms with E-state index in [1.165, 1.54) is 64.9 Å². The Balaban J connectivity index is 0. The van der Waals surface area contributed by atoms with E-state index in [0.29, 0.717) is 6.54 Å². The molecule has 0 N–H and O–H groups in total. The molecule has 21 heavy (non-hydrogen) atoms. The van der Waals surface area contributed by atoms with Gasteiger partial charge in [0.1, 0.15) is 0 Å². The van der Waals surface area contributed by atoms with E-state index >= 15 is 0 Å². The molecule has 0 atom stereocenters. The summed E-state index contributed by atoms with van der Waals surface area (Å²) >= 11 is 0. The van der Waals surface area contributed by atoms with E-state index in [1.807, 2.05) is 0 Å². The fraction of sp³-hybridized carbons (Fsp3) is 1.00. The Morgan fingerprint density at radius 3 is 1.76 bits per heavy atom. The van der Waals surface area contributed by atoms with Crippen LogP contribution in [0.2, 0.25) is 0 Å². The normalized spacial score (nSPS) is 11.3. The summed E-state index contributed by atoms with van der Waals surface area (Å²) in [6.45, 7) is 3.37. The van der Waals surface area contributed by atoms with Gasteiger partial charge in [0.2, 0.25) is 0 Å². The molecule has 0 radical (unpaired) electrons. The van der Waals surface area contributed by atoms with Crippen LogP contribution in [0.25, 0.3) is 5.32 Å². The van der Waals surface area contributed by atoms with Crippen molar-refractivity contribution in [2.24, 2.45) is 0 Å². The van der Waals surface area contributed by atoms with Gasteiger partial charge in [0, 0.05) is 0 Å². The minimum Gasteiger partial charge on any atom is -0.661 e. The summed E-state index contributed by atoms with van der Waals surface area (Å²) in [5.74, 6) is 0.00125. The van der Waals surface area contributed by atoms with E-state index in [2.05, 4.69) is 16.4 Å². The number of nitrogens with zero attached hydrogens (tertiary/aromatic N) is 1. The second-order valence-corrected chi connectivity index (χ2v) is 7.14. The molecule has 0 unspecified atom stereocenters. The minimum absolute atomic E-state index is 0. The van der Waals surface area contributed by atoms with Crippen molar-refractivity contribution in [3.8, 4) is 0 Å². The van der Waals surface area contributed by atoms with E-state index in [4.69, 9.17) is 0 Å². The molecule has 0 aromatic heterocycles. The Bertz CT molecular complexity index is 297. The maximum Gasteiger partial charge on any atom is 1.00 e. The zero-order valence-electron chi connectivity index (χ0n) is 14.3. The van der Waals surface area contributed by atoms with Crippen LogP contribution >= 0.6 is 0 Å². The van der Waals surface area contributed by atoms with Crippen molar-refractivity contribution in [1.82, 2.24) is 0 Å². The molecule has 0 heterocycles.